The second kappa shape index (κ2) is 8.80. The normalized spacial score (nSPS) is 18.7. The molecule has 1 N–H and O–H groups in total. The molecule has 0 amide bonds. The van der Waals surface area contributed by atoms with Crippen molar-refractivity contribution in [2.45, 2.75) is 30.4 Å². The van der Waals surface area contributed by atoms with Crippen LogP contribution < -0.4 is 5.32 Å². The Kier molecular flexibility index (Phi) is 5.33. The molecule has 0 radical (unpaired) electrons. The summed E-state index contributed by atoms with van der Waals surface area (Å²) in [6.45, 7) is 3.85. The molecule has 0 aliphatic carbocycles. The Morgan fingerprint density at radius 1 is 1.07 bits per heavy atom. The van der Waals surface area contributed by atoms with Gasteiger partial charge in [-0.25, -0.2) is 22.4 Å². The minimum absolute atomic E-state index is 0.199. The number of rotatable bonds is 4. The lowest BCUT2D eigenvalue weighted by Crippen LogP contribution is -2.28. The maximum Gasteiger partial charge on any atom is 0.269 e. The summed E-state index contributed by atoms with van der Waals surface area (Å²) >= 11 is 1.47. The molecule has 2 aromatic carbocycles. The van der Waals surface area contributed by atoms with Crippen LogP contribution in [-0.2, 0) is 34.0 Å². The van der Waals surface area contributed by atoms with Crippen LogP contribution in [0.2, 0.25) is 0 Å². The fraction of sp³-hybridized carbons (Fsp3) is 0.233. The third-order valence-electron chi connectivity index (χ3n) is 8.27. The van der Waals surface area contributed by atoms with Gasteiger partial charge >= 0.3 is 0 Å². The first-order valence-corrected chi connectivity index (χ1v) is 15.7. The lowest BCUT2D eigenvalue weighted by molar-refractivity contribution is -0.0211. The van der Waals surface area contributed by atoms with Crippen LogP contribution in [0, 0.1) is 6.92 Å². The maximum absolute atomic E-state index is 14.6. The van der Waals surface area contributed by atoms with Gasteiger partial charge in [0.15, 0.2) is 5.65 Å². The highest BCUT2D eigenvalue weighted by molar-refractivity contribution is 7.90. The van der Waals surface area contributed by atoms with E-state index in [4.69, 9.17) is 9.72 Å². The zero-order valence-corrected chi connectivity index (χ0v) is 24.1. The highest BCUT2D eigenvalue weighted by atomic mass is 32.2. The molecule has 6 aromatic rings. The molecule has 6 heterocycles. The summed E-state index contributed by atoms with van der Waals surface area (Å²) in [4.78, 5) is 10.3. The molecule has 2 aliphatic heterocycles. The van der Waals surface area contributed by atoms with Gasteiger partial charge in [0.25, 0.3) is 10.0 Å². The van der Waals surface area contributed by atoms with Crippen molar-refractivity contribution in [3.8, 4) is 21.7 Å². The Morgan fingerprint density at radius 2 is 1.93 bits per heavy atom. The van der Waals surface area contributed by atoms with E-state index in [1.54, 1.807) is 36.7 Å². The Labute approximate surface area is 240 Å². The van der Waals surface area contributed by atoms with Crippen molar-refractivity contribution in [3.63, 3.8) is 0 Å². The quantitative estimate of drug-likeness (QED) is 0.313. The molecular formula is C30H26N6O3S2. The SMILES string of the molecule is Cc1ncc(-c2c(-c3ccc4c(cnn4C)c3)c3c4c(cnc3n2S(=O)(=O)c2ccccc2)COC42CCNC2)s1. The molecule has 1 fully saturated rings. The van der Waals surface area contributed by atoms with Crippen molar-refractivity contribution in [3.05, 3.63) is 83.3 Å². The summed E-state index contributed by atoms with van der Waals surface area (Å²) in [5.74, 6) is 0. The van der Waals surface area contributed by atoms with Crippen molar-refractivity contribution < 1.29 is 13.2 Å². The number of aromatic nitrogens is 5. The van der Waals surface area contributed by atoms with Crippen LogP contribution in [-0.4, -0.2) is 45.2 Å². The van der Waals surface area contributed by atoms with Crippen LogP contribution in [0.15, 0.2) is 72.0 Å². The van der Waals surface area contributed by atoms with Crippen LogP contribution >= 0.6 is 11.3 Å². The van der Waals surface area contributed by atoms with Crippen LogP contribution in [0.5, 0.6) is 0 Å². The van der Waals surface area contributed by atoms with Crippen LogP contribution in [0.25, 0.3) is 43.6 Å². The Hall–Kier alpha value is -3.90. The van der Waals surface area contributed by atoms with E-state index in [0.717, 1.165) is 61.4 Å². The van der Waals surface area contributed by atoms with Crippen LogP contribution in [0.3, 0.4) is 0 Å². The van der Waals surface area contributed by atoms with Gasteiger partial charge in [0.2, 0.25) is 0 Å². The van der Waals surface area contributed by atoms with E-state index in [1.807, 2.05) is 43.0 Å². The molecule has 1 atom stereocenters. The summed E-state index contributed by atoms with van der Waals surface area (Å²) in [5, 5.41) is 10.5. The minimum atomic E-state index is -4.05. The number of hydrogen-bond acceptors (Lipinski definition) is 8. The average molecular weight is 583 g/mol. The van der Waals surface area contributed by atoms with E-state index in [0.29, 0.717) is 24.5 Å². The molecule has 0 bridgehead atoms. The second-order valence-corrected chi connectivity index (χ2v) is 13.7. The fourth-order valence-electron chi connectivity index (χ4n) is 6.41. The number of hydrogen-bond donors (Lipinski definition) is 1. The third-order valence-corrected chi connectivity index (χ3v) is 10.9. The number of ether oxygens (including phenoxy) is 1. The summed E-state index contributed by atoms with van der Waals surface area (Å²) < 4.78 is 38.9. The van der Waals surface area contributed by atoms with E-state index in [1.165, 1.54) is 15.3 Å². The van der Waals surface area contributed by atoms with Gasteiger partial charge in [-0.15, -0.1) is 11.3 Å². The number of pyridine rings is 1. The number of thiazole rings is 1. The fourth-order valence-corrected chi connectivity index (χ4v) is 8.79. The van der Waals surface area contributed by atoms with E-state index < -0.39 is 15.6 Å². The molecule has 4 aromatic heterocycles. The molecular weight excluding hydrogens is 557 g/mol. The van der Waals surface area contributed by atoms with Gasteiger partial charge in [0, 0.05) is 53.4 Å². The second-order valence-electron chi connectivity index (χ2n) is 10.7. The lowest BCUT2D eigenvalue weighted by atomic mass is 9.87. The van der Waals surface area contributed by atoms with E-state index in [9.17, 15) is 8.42 Å². The zero-order valence-electron chi connectivity index (χ0n) is 22.5. The summed E-state index contributed by atoms with van der Waals surface area (Å²) in [7, 11) is -2.14. The Morgan fingerprint density at radius 3 is 2.68 bits per heavy atom. The van der Waals surface area contributed by atoms with E-state index >= 15 is 0 Å². The highest BCUT2D eigenvalue weighted by Crippen LogP contribution is 2.51. The van der Waals surface area contributed by atoms with Gasteiger partial charge in [-0.05, 0) is 49.7 Å². The summed E-state index contributed by atoms with van der Waals surface area (Å²) in [6, 6.07) is 14.7. The standard InChI is InChI=1S/C30H26N6O3S2/c1-18-32-15-24(40-18)28-25(19-8-9-23-20(12-19)14-34-35(23)2)26-27-21(16-39-30(27)10-11-31-17-30)13-33-29(26)36(28)41(37,38)22-6-4-3-5-7-22/h3-9,12-15,31H,10-11,16-17H2,1-2H3. The van der Waals surface area contributed by atoms with Gasteiger partial charge in [-0.2, -0.15) is 5.10 Å². The molecule has 41 heavy (non-hydrogen) atoms. The van der Waals surface area contributed by atoms with E-state index in [-0.39, 0.29) is 4.90 Å². The monoisotopic (exact) mass is 582 g/mol. The van der Waals surface area contributed by atoms with Crippen molar-refractivity contribution in [2.24, 2.45) is 7.05 Å². The largest absolute Gasteiger partial charge is 0.364 e. The maximum atomic E-state index is 14.6. The lowest BCUT2D eigenvalue weighted by Gasteiger charge is -2.24. The first-order valence-electron chi connectivity index (χ1n) is 13.4. The number of nitrogens with zero attached hydrogens (tertiary/aromatic N) is 5. The van der Waals surface area contributed by atoms with Crippen LogP contribution in [0.4, 0.5) is 0 Å². The summed E-state index contributed by atoms with van der Waals surface area (Å²) in [6.07, 6.45) is 6.19. The molecule has 206 valence electrons. The highest BCUT2D eigenvalue weighted by Gasteiger charge is 2.46. The Balaban J connectivity index is 1.58. The van der Waals surface area contributed by atoms with Crippen molar-refractivity contribution in [1.82, 2.24) is 29.0 Å². The van der Waals surface area contributed by atoms with Crippen molar-refractivity contribution >= 4 is 43.3 Å². The molecule has 1 unspecified atom stereocenters. The molecule has 9 nitrogen and oxygen atoms in total. The van der Waals surface area contributed by atoms with Crippen molar-refractivity contribution in [2.75, 3.05) is 13.1 Å². The molecule has 8 rings (SSSR count). The predicted molar refractivity (Wildman–Crippen MR) is 158 cm³/mol. The van der Waals surface area contributed by atoms with Gasteiger partial charge in [0.1, 0.15) is 5.60 Å². The summed E-state index contributed by atoms with van der Waals surface area (Å²) in [5.41, 5.74) is 5.13. The molecule has 11 heteroatoms. The van der Waals surface area contributed by atoms with Crippen LogP contribution in [0.1, 0.15) is 22.6 Å². The number of fused-ring (bicyclic) bond motifs is 5. The molecule has 0 saturated carbocycles. The predicted octanol–water partition coefficient (Wildman–Crippen LogP) is 4.98. The third kappa shape index (κ3) is 3.53. The van der Waals surface area contributed by atoms with Gasteiger partial charge in [-0.1, -0.05) is 24.3 Å². The molecule has 2 aliphatic rings. The number of aryl methyl sites for hydroxylation is 2. The van der Waals surface area contributed by atoms with Crippen molar-refractivity contribution in [1.29, 1.82) is 0 Å². The zero-order chi connectivity index (χ0) is 27.9. The molecule has 1 saturated heterocycles. The van der Waals surface area contributed by atoms with E-state index in [2.05, 4.69) is 21.5 Å². The van der Waals surface area contributed by atoms with Gasteiger partial charge in [0.05, 0.1) is 38.8 Å². The topological polar surface area (TPSA) is 104 Å². The minimum Gasteiger partial charge on any atom is -0.364 e. The van der Waals surface area contributed by atoms with Gasteiger partial charge in [-0.3, -0.25) is 4.68 Å². The van der Waals surface area contributed by atoms with Gasteiger partial charge < -0.3 is 10.1 Å². The Bertz CT molecular complexity index is 2100. The first-order chi connectivity index (χ1) is 19.9. The smallest absolute Gasteiger partial charge is 0.269 e. The number of benzene rings is 2. The molecule has 1 spiro atoms. The average Bonchev–Trinajstić information content (AvgIpc) is 3.81. The number of nitrogens with one attached hydrogen (secondary N) is 1. The first kappa shape index (κ1) is 24.9.